The molecular weight excluding hydrogens is 296 g/mol. The minimum Gasteiger partial charge on any atom is -0.496 e. The highest BCUT2D eigenvalue weighted by molar-refractivity contribution is 5.47. The largest absolute Gasteiger partial charge is 0.496 e. The predicted octanol–water partition coefficient (Wildman–Crippen LogP) is 5.82. The summed E-state index contributed by atoms with van der Waals surface area (Å²) in [4.78, 5) is 0. The van der Waals surface area contributed by atoms with E-state index in [-0.39, 0.29) is 11.0 Å². The summed E-state index contributed by atoms with van der Waals surface area (Å²) in [6, 6.07) is 12.9. The molecule has 130 valence electrons. The van der Waals surface area contributed by atoms with Gasteiger partial charge in [0.05, 0.1) is 7.11 Å². The maximum absolute atomic E-state index is 6.04. The molecule has 0 spiro atoms. The third kappa shape index (κ3) is 3.92. The Kier molecular flexibility index (Phi) is 4.98. The summed E-state index contributed by atoms with van der Waals surface area (Å²) in [6.45, 7) is 14.9. The van der Waals surface area contributed by atoms with Crippen molar-refractivity contribution in [1.82, 2.24) is 0 Å². The first-order chi connectivity index (χ1) is 11.0. The van der Waals surface area contributed by atoms with Crippen molar-refractivity contribution in [1.29, 1.82) is 0 Å². The van der Waals surface area contributed by atoms with Gasteiger partial charge in [0.25, 0.3) is 0 Å². The Labute approximate surface area is 146 Å². The van der Waals surface area contributed by atoms with Crippen molar-refractivity contribution in [2.45, 2.75) is 59.5 Å². The highest BCUT2D eigenvalue weighted by Crippen LogP contribution is 2.36. The quantitative estimate of drug-likeness (QED) is 0.705. The molecule has 0 aromatic heterocycles. The van der Waals surface area contributed by atoms with Crippen LogP contribution in [-0.4, -0.2) is 12.7 Å². The van der Waals surface area contributed by atoms with Crippen molar-refractivity contribution in [3.05, 3.63) is 58.7 Å². The van der Waals surface area contributed by atoms with Gasteiger partial charge >= 0.3 is 0 Å². The van der Waals surface area contributed by atoms with Crippen molar-refractivity contribution >= 4 is 0 Å². The van der Waals surface area contributed by atoms with Gasteiger partial charge in [-0.2, -0.15) is 0 Å². The zero-order valence-electron chi connectivity index (χ0n) is 16.3. The predicted molar refractivity (Wildman–Crippen MR) is 101 cm³/mol. The summed E-state index contributed by atoms with van der Waals surface area (Å²) < 4.78 is 11.4. The molecule has 24 heavy (non-hydrogen) atoms. The maximum Gasteiger partial charge on any atom is 0.123 e. The number of hydrogen-bond donors (Lipinski definition) is 0. The molecule has 0 aliphatic rings. The van der Waals surface area contributed by atoms with Crippen LogP contribution in [0.1, 0.15) is 56.9 Å². The standard InChI is InChI=1S/C22H30O2/c1-15-13-17(9-11-19(15)23-8)22(6,7)18-10-12-20(16(2)14-18)24-21(3,4)5/h9-14H,1-8H3. The summed E-state index contributed by atoms with van der Waals surface area (Å²) in [5.74, 6) is 1.88. The van der Waals surface area contributed by atoms with Gasteiger partial charge in [0.1, 0.15) is 17.1 Å². The van der Waals surface area contributed by atoms with E-state index in [2.05, 4.69) is 84.9 Å². The normalized spacial score (nSPS) is 12.2. The van der Waals surface area contributed by atoms with Crippen LogP contribution in [0.2, 0.25) is 0 Å². The van der Waals surface area contributed by atoms with E-state index in [1.807, 2.05) is 0 Å². The lowest BCUT2D eigenvalue weighted by molar-refractivity contribution is 0.130. The Bertz CT molecular complexity index is 721. The molecule has 0 atom stereocenters. The van der Waals surface area contributed by atoms with Crippen LogP contribution in [0.3, 0.4) is 0 Å². The average molecular weight is 326 g/mol. The highest BCUT2D eigenvalue weighted by Gasteiger charge is 2.25. The van der Waals surface area contributed by atoms with Crippen LogP contribution in [-0.2, 0) is 5.41 Å². The number of aryl methyl sites for hydroxylation is 2. The lowest BCUT2D eigenvalue weighted by atomic mass is 9.77. The first kappa shape index (κ1) is 18.4. The molecular formula is C22H30O2. The van der Waals surface area contributed by atoms with Gasteiger partial charge < -0.3 is 9.47 Å². The van der Waals surface area contributed by atoms with Crippen LogP contribution in [0, 0.1) is 13.8 Å². The molecule has 0 amide bonds. The van der Waals surface area contributed by atoms with Crippen LogP contribution in [0.5, 0.6) is 11.5 Å². The number of methoxy groups -OCH3 is 1. The minimum absolute atomic E-state index is 0.0813. The summed E-state index contributed by atoms with van der Waals surface area (Å²) in [7, 11) is 1.71. The molecule has 0 saturated carbocycles. The molecule has 0 N–H and O–H groups in total. The Morgan fingerprint density at radius 1 is 0.708 bits per heavy atom. The summed E-state index contributed by atoms with van der Waals surface area (Å²) >= 11 is 0. The van der Waals surface area contributed by atoms with Gasteiger partial charge in [-0.05, 0) is 69.0 Å². The fraction of sp³-hybridized carbons (Fsp3) is 0.455. The molecule has 0 aliphatic heterocycles. The van der Waals surface area contributed by atoms with E-state index in [0.717, 1.165) is 17.1 Å². The summed E-state index contributed by atoms with van der Waals surface area (Å²) in [5.41, 5.74) is 4.63. The van der Waals surface area contributed by atoms with Gasteiger partial charge in [-0.1, -0.05) is 38.1 Å². The number of benzene rings is 2. The summed E-state index contributed by atoms with van der Waals surface area (Å²) in [6.07, 6.45) is 0. The SMILES string of the molecule is COc1ccc(C(C)(C)c2ccc(OC(C)(C)C)c(C)c2)cc1C. The highest BCUT2D eigenvalue weighted by atomic mass is 16.5. The first-order valence-corrected chi connectivity index (χ1v) is 8.50. The van der Waals surface area contributed by atoms with E-state index in [0.29, 0.717) is 0 Å². The zero-order chi connectivity index (χ0) is 18.1. The Hall–Kier alpha value is -1.96. The first-order valence-electron chi connectivity index (χ1n) is 8.50. The average Bonchev–Trinajstić information content (AvgIpc) is 2.47. The van der Waals surface area contributed by atoms with Crippen LogP contribution in [0.4, 0.5) is 0 Å². The van der Waals surface area contributed by atoms with E-state index >= 15 is 0 Å². The smallest absolute Gasteiger partial charge is 0.123 e. The molecule has 2 rings (SSSR count). The van der Waals surface area contributed by atoms with Crippen molar-refractivity contribution in [3.8, 4) is 11.5 Å². The number of ether oxygens (including phenoxy) is 2. The maximum atomic E-state index is 6.04. The molecule has 2 heteroatoms. The Morgan fingerprint density at radius 2 is 1.17 bits per heavy atom. The second kappa shape index (κ2) is 6.51. The van der Waals surface area contributed by atoms with E-state index in [9.17, 15) is 0 Å². The van der Waals surface area contributed by atoms with Gasteiger partial charge in [0.2, 0.25) is 0 Å². The lowest BCUT2D eigenvalue weighted by Gasteiger charge is -2.29. The Balaban J connectivity index is 2.39. The van der Waals surface area contributed by atoms with Gasteiger partial charge in [0, 0.05) is 5.41 Å². The molecule has 0 unspecified atom stereocenters. The van der Waals surface area contributed by atoms with Crippen LogP contribution in [0.15, 0.2) is 36.4 Å². The third-order valence-corrected chi connectivity index (χ3v) is 4.43. The van der Waals surface area contributed by atoms with Gasteiger partial charge in [-0.25, -0.2) is 0 Å². The van der Waals surface area contributed by atoms with Gasteiger partial charge in [0.15, 0.2) is 0 Å². The van der Waals surface area contributed by atoms with Gasteiger partial charge in [-0.15, -0.1) is 0 Å². The molecule has 0 aliphatic carbocycles. The fourth-order valence-electron chi connectivity index (χ4n) is 2.92. The second-order valence-electron chi connectivity index (χ2n) is 8.00. The van der Waals surface area contributed by atoms with E-state index < -0.39 is 0 Å². The van der Waals surface area contributed by atoms with Crippen LogP contribution < -0.4 is 9.47 Å². The van der Waals surface area contributed by atoms with Crippen LogP contribution in [0.25, 0.3) is 0 Å². The van der Waals surface area contributed by atoms with E-state index in [4.69, 9.17) is 9.47 Å². The molecule has 2 nitrogen and oxygen atoms in total. The molecule has 0 radical (unpaired) electrons. The second-order valence-corrected chi connectivity index (χ2v) is 8.00. The molecule has 0 fully saturated rings. The number of rotatable bonds is 4. The monoisotopic (exact) mass is 326 g/mol. The molecule has 0 bridgehead atoms. The van der Waals surface area contributed by atoms with Crippen molar-refractivity contribution < 1.29 is 9.47 Å². The third-order valence-electron chi connectivity index (χ3n) is 4.43. The summed E-state index contributed by atoms with van der Waals surface area (Å²) in [5, 5.41) is 0. The molecule has 2 aromatic rings. The minimum atomic E-state index is -0.186. The van der Waals surface area contributed by atoms with Crippen LogP contribution >= 0.6 is 0 Å². The topological polar surface area (TPSA) is 18.5 Å². The van der Waals surface area contributed by atoms with Crippen molar-refractivity contribution in [3.63, 3.8) is 0 Å². The van der Waals surface area contributed by atoms with Crippen molar-refractivity contribution in [2.75, 3.05) is 7.11 Å². The molecule has 2 aromatic carbocycles. The molecule has 0 heterocycles. The van der Waals surface area contributed by atoms with Gasteiger partial charge in [-0.3, -0.25) is 0 Å². The molecule has 0 saturated heterocycles. The fourth-order valence-corrected chi connectivity index (χ4v) is 2.92. The number of hydrogen-bond acceptors (Lipinski definition) is 2. The zero-order valence-corrected chi connectivity index (χ0v) is 16.3. The van der Waals surface area contributed by atoms with E-state index in [1.165, 1.54) is 16.7 Å². The van der Waals surface area contributed by atoms with Crippen molar-refractivity contribution in [2.24, 2.45) is 0 Å². The lowest BCUT2D eigenvalue weighted by Crippen LogP contribution is -2.24. The Morgan fingerprint density at radius 3 is 1.54 bits per heavy atom. The van der Waals surface area contributed by atoms with E-state index in [1.54, 1.807) is 7.11 Å².